The Balaban J connectivity index is 2.25. The fourth-order valence-electron chi connectivity index (χ4n) is 1.83. The Morgan fingerprint density at radius 1 is 1.16 bits per heavy atom. The average Bonchev–Trinajstić information content (AvgIpc) is 2.33. The Morgan fingerprint density at radius 3 is 2.37 bits per heavy atom. The first kappa shape index (κ1) is 14.3. The molecule has 0 amide bonds. The van der Waals surface area contributed by atoms with E-state index >= 15 is 0 Å². The first-order valence-electron chi connectivity index (χ1n) is 5.64. The van der Waals surface area contributed by atoms with Crippen LogP contribution in [0.5, 0.6) is 0 Å². The van der Waals surface area contributed by atoms with Gasteiger partial charge in [-0.1, -0.05) is 17.7 Å². The molecule has 1 nitrogen and oxygen atoms in total. The smallest absolute Gasteiger partial charge is 0.131 e. The van der Waals surface area contributed by atoms with Gasteiger partial charge in [0.15, 0.2) is 0 Å². The SMILES string of the molecule is CC(Nc1ccc(Br)c(Cl)c1)c1c(F)cccc1F. The zero-order valence-electron chi connectivity index (χ0n) is 10.1. The lowest BCUT2D eigenvalue weighted by Crippen LogP contribution is -2.10. The van der Waals surface area contributed by atoms with Crippen molar-refractivity contribution in [1.82, 2.24) is 0 Å². The largest absolute Gasteiger partial charge is 0.378 e. The fraction of sp³-hybridized carbons (Fsp3) is 0.143. The minimum Gasteiger partial charge on any atom is -0.378 e. The molecule has 0 aliphatic heterocycles. The maximum atomic E-state index is 13.6. The van der Waals surface area contributed by atoms with Gasteiger partial charge in [-0.2, -0.15) is 0 Å². The first-order valence-corrected chi connectivity index (χ1v) is 6.81. The molecule has 2 aromatic carbocycles. The van der Waals surface area contributed by atoms with Crippen molar-refractivity contribution >= 4 is 33.2 Å². The molecule has 2 aromatic rings. The Kier molecular flexibility index (Phi) is 4.42. The highest BCUT2D eigenvalue weighted by Crippen LogP contribution is 2.29. The number of nitrogens with one attached hydrogen (secondary N) is 1. The lowest BCUT2D eigenvalue weighted by Gasteiger charge is -2.17. The van der Waals surface area contributed by atoms with Crippen molar-refractivity contribution in [2.45, 2.75) is 13.0 Å². The predicted octanol–water partition coefficient (Wildman–Crippen LogP) is 5.55. The molecule has 19 heavy (non-hydrogen) atoms. The monoisotopic (exact) mass is 345 g/mol. The molecule has 0 heterocycles. The van der Waals surface area contributed by atoms with Crippen LogP contribution in [0.25, 0.3) is 0 Å². The fourth-order valence-corrected chi connectivity index (χ4v) is 2.26. The highest BCUT2D eigenvalue weighted by atomic mass is 79.9. The van der Waals surface area contributed by atoms with E-state index in [4.69, 9.17) is 11.6 Å². The molecule has 1 unspecified atom stereocenters. The number of hydrogen-bond donors (Lipinski definition) is 1. The number of rotatable bonds is 3. The van der Waals surface area contributed by atoms with Gasteiger partial charge in [0, 0.05) is 15.7 Å². The van der Waals surface area contributed by atoms with E-state index in [-0.39, 0.29) is 5.56 Å². The summed E-state index contributed by atoms with van der Waals surface area (Å²) >= 11 is 9.25. The van der Waals surface area contributed by atoms with Gasteiger partial charge in [-0.3, -0.25) is 0 Å². The van der Waals surface area contributed by atoms with Crippen LogP contribution in [0.15, 0.2) is 40.9 Å². The summed E-state index contributed by atoms with van der Waals surface area (Å²) in [6.45, 7) is 1.69. The second-order valence-corrected chi connectivity index (χ2v) is 5.39. The second-order valence-electron chi connectivity index (χ2n) is 4.13. The lowest BCUT2D eigenvalue weighted by atomic mass is 10.1. The quantitative estimate of drug-likeness (QED) is 0.768. The summed E-state index contributed by atoms with van der Waals surface area (Å²) in [4.78, 5) is 0. The van der Waals surface area contributed by atoms with E-state index in [1.807, 2.05) is 0 Å². The van der Waals surface area contributed by atoms with Gasteiger partial charge < -0.3 is 5.32 Å². The van der Waals surface area contributed by atoms with E-state index in [0.29, 0.717) is 10.7 Å². The zero-order valence-corrected chi connectivity index (χ0v) is 12.4. The van der Waals surface area contributed by atoms with E-state index in [1.54, 1.807) is 25.1 Å². The van der Waals surface area contributed by atoms with Crippen molar-refractivity contribution < 1.29 is 8.78 Å². The maximum absolute atomic E-state index is 13.6. The van der Waals surface area contributed by atoms with Crippen molar-refractivity contribution in [2.75, 3.05) is 5.32 Å². The van der Waals surface area contributed by atoms with Crippen molar-refractivity contribution in [3.8, 4) is 0 Å². The number of halogens is 4. The molecule has 0 aliphatic rings. The molecular weight excluding hydrogens is 336 g/mol. The molecule has 0 aliphatic carbocycles. The molecule has 0 saturated carbocycles. The van der Waals surface area contributed by atoms with Crippen LogP contribution in [0, 0.1) is 11.6 Å². The third-order valence-corrected chi connectivity index (χ3v) is 3.97. The molecule has 0 radical (unpaired) electrons. The summed E-state index contributed by atoms with van der Waals surface area (Å²) in [5.74, 6) is -1.13. The van der Waals surface area contributed by atoms with Gasteiger partial charge in [-0.15, -0.1) is 0 Å². The number of anilines is 1. The van der Waals surface area contributed by atoms with Crippen LogP contribution in [0.3, 0.4) is 0 Å². The molecule has 0 bridgehead atoms. The van der Waals surface area contributed by atoms with Gasteiger partial charge >= 0.3 is 0 Å². The summed E-state index contributed by atoms with van der Waals surface area (Å²) in [6, 6.07) is 8.58. The summed E-state index contributed by atoms with van der Waals surface area (Å²) in [5, 5.41) is 3.56. The molecule has 0 saturated heterocycles. The predicted molar refractivity (Wildman–Crippen MR) is 77.5 cm³/mol. The summed E-state index contributed by atoms with van der Waals surface area (Å²) in [6.07, 6.45) is 0. The zero-order chi connectivity index (χ0) is 14.0. The molecule has 100 valence electrons. The third kappa shape index (κ3) is 3.25. The molecule has 1 atom stereocenters. The second kappa shape index (κ2) is 5.88. The molecular formula is C14H11BrClF2N. The Labute approximate surface area is 123 Å². The van der Waals surface area contributed by atoms with Gasteiger partial charge in [-0.05, 0) is 53.2 Å². The van der Waals surface area contributed by atoms with E-state index in [2.05, 4.69) is 21.2 Å². The Bertz CT molecular complexity index is 584. The van der Waals surface area contributed by atoms with Crippen molar-refractivity contribution in [1.29, 1.82) is 0 Å². The first-order chi connectivity index (χ1) is 8.99. The summed E-state index contributed by atoms with van der Waals surface area (Å²) in [7, 11) is 0. The van der Waals surface area contributed by atoms with Crippen LogP contribution in [-0.4, -0.2) is 0 Å². The van der Waals surface area contributed by atoms with Gasteiger partial charge in [0.1, 0.15) is 11.6 Å². The van der Waals surface area contributed by atoms with Crippen LogP contribution in [-0.2, 0) is 0 Å². The van der Waals surface area contributed by atoms with Crippen LogP contribution >= 0.6 is 27.5 Å². The van der Waals surface area contributed by atoms with Crippen LogP contribution in [0.2, 0.25) is 5.02 Å². The van der Waals surface area contributed by atoms with Gasteiger partial charge in [-0.25, -0.2) is 8.78 Å². The van der Waals surface area contributed by atoms with Gasteiger partial charge in [0.2, 0.25) is 0 Å². The number of benzene rings is 2. The van der Waals surface area contributed by atoms with E-state index < -0.39 is 17.7 Å². The topological polar surface area (TPSA) is 12.0 Å². The third-order valence-electron chi connectivity index (χ3n) is 2.74. The molecule has 5 heteroatoms. The Hall–Kier alpha value is -1.13. The highest BCUT2D eigenvalue weighted by Gasteiger charge is 2.15. The average molecular weight is 347 g/mol. The van der Waals surface area contributed by atoms with E-state index in [9.17, 15) is 8.78 Å². The normalized spacial score (nSPS) is 12.3. The van der Waals surface area contributed by atoms with Crippen molar-refractivity contribution in [3.63, 3.8) is 0 Å². The molecule has 1 N–H and O–H groups in total. The highest BCUT2D eigenvalue weighted by molar-refractivity contribution is 9.10. The van der Waals surface area contributed by atoms with Crippen LogP contribution in [0.1, 0.15) is 18.5 Å². The minimum absolute atomic E-state index is 0.0153. The Morgan fingerprint density at radius 2 is 1.79 bits per heavy atom. The van der Waals surface area contributed by atoms with Crippen molar-refractivity contribution in [2.24, 2.45) is 0 Å². The summed E-state index contributed by atoms with van der Waals surface area (Å²) < 4.78 is 28.0. The lowest BCUT2D eigenvalue weighted by molar-refractivity contribution is 0.544. The van der Waals surface area contributed by atoms with Crippen LogP contribution < -0.4 is 5.32 Å². The molecule has 0 aromatic heterocycles. The summed E-state index contributed by atoms with van der Waals surface area (Å²) in [5.41, 5.74) is 0.713. The standard InChI is InChI=1S/C14H11BrClF2N/c1-8(14-12(17)3-2-4-13(14)18)19-9-5-6-10(15)11(16)7-9/h2-8,19H,1H3. The number of hydrogen-bond acceptors (Lipinski definition) is 1. The van der Waals surface area contributed by atoms with Gasteiger partial charge in [0.05, 0.1) is 11.1 Å². The van der Waals surface area contributed by atoms with E-state index in [0.717, 1.165) is 4.47 Å². The van der Waals surface area contributed by atoms with Crippen LogP contribution in [0.4, 0.5) is 14.5 Å². The minimum atomic E-state index is -0.566. The molecule has 2 rings (SSSR count). The van der Waals surface area contributed by atoms with Gasteiger partial charge in [0.25, 0.3) is 0 Å². The van der Waals surface area contributed by atoms with Crippen molar-refractivity contribution in [3.05, 3.63) is 63.1 Å². The van der Waals surface area contributed by atoms with E-state index in [1.165, 1.54) is 18.2 Å². The molecule has 0 fully saturated rings. The maximum Gasteiger partial charge on any atom is 0.131 e. The molecule has 0 spiro atoms.